The summed E-state index contributed by atoms with van der Waals surface area (Å²) in [4.78, 5) is 16.2. The second kappa shape index (κ2) is 7.37. The average molecular weight is 321 g/mol. The number of halogens is 1. The largest absolute Gasteiger partial charge is 0.354 e. The first kappa shape index (κ1) is 15.7. The Kier molecular flexibility index (Phi) is 4.81. The van der Waals surface area contributed by atoms with Crippen LogP contribution < -0.4 is 10.6 Å². The highest BCUT2D eigenvalue weighted by molar-refractivity contribution is 5.92. The molecular formula is C19H16FN3O. The van der Waals surface area contributed by atoms with Crippen LogP contribution in [0.5, 0.6) is 0 Å². The molecule has 0 aliphatic carbocycles. The molecule has 0 spiro atoms. The van der Waals surface area contributed by atoms with Crippen LogP contribution in [0.4, 0.5) is 15.8 Å². The lowest BCUT2D eigenvalue weighted by Gasteiger charge is -2.08. The van der Waals surface area contributed by atoms with E-state index in [9.17, 15) is 9.18 Å². The van der Waals surface area contributed by atoms with Crippen molar-refractivity contribution in [2.45, 2.75) is 6.54 Å². The lowest BCUT2D eigenvalue weighted by atomic mass is 10.2. The van der Waals surface area contributed by atoms with E-state index in [0.717, 1.165) is 16.9 Å². The first-order chi connectivity index (χ1) is 11.7. The Morgan fingerprint density at radius 2 is 1.62 bits per heavy atom. The number of amides is 1. The quantitative estimate of drug-likeness (QED) is 0.749. The van der Waals surface area contributed by atoms with Crippen molar-refractivity contribution in [3.63, 3.8) is 0 Å². The van der Waals surface area contributed by atoms with Crippen LogP contribution in [0.25, 0.3) is 0 Å². The highest BCUT2D eigenvalue weighted by Gasteiger charge is 2.07. The summed E-state index contributed by atoms with van der Waals surface area (Å²) in [5.41, 5.74) is 2.84. The third-order valence-corrected chi connectivity index (χ3v) is 3.42. The molecule has 3 aromatic rings. The fraction of sp³-hybridized carbons (Fsp3) is 0.0526. The van der Waals surface area contributed by atoms with E-state index in [4.69, 9.17) is 0 Å². The van der Waals surface area contributed by atoms with Crippen molar-refractivity contribution in [2.24, 2.45) is 0 Å². The minimum atomic E-state index is -0.288. The average Bonchev–Trinajstić information content (AvgIpc) is 2.63. The van der Waals surface area contributed by atoms with Gasteiger partial charge in [0.2, 0.25) is 0 Å². The molecule has 1 amide bonds. The zero-order valence-electron chi connectivity index (χ0n) is 12.9. The van der Waals surface area contributed by atoms with Crippen LogP contribution in [-0.4, -0.2) is 10.9 Å². The monoisotopic (exact) mass is 321 g/mol. The first-order valence-electron chi connectivity index (χ1n) is 7.51. The summed E-state index contributed by atoms with van der Waals surface area (Å²) in [6.45, 7) is 0.455. The molecule has 0 bridgehead atoms. The van der Waals surface area contributed by atoms with Crippen molar-refractivity contribution in [2.75, 3.05) is 5.32 Å². The van der Waals surface area contributed by atoms with Crippen LogP contribution in [0.3, 0.4) is 0 Å². The summed E-state index contributed by atoms with van der Waals surface area (Å²) in [5, 5.41) is 5.92. The number of nitrogens with zero attached hydrogens (tertiary/aromatic N) is 1. The molecule has 2 aromatic carbocycles. The second-order valence-electron chi connectivity index (χ2n) is 5.23. The van der Waals surface area contributed by atoms with Gasteiger partial charge in [0.25, 0.3) is 5.91 Å². The van der Waals surface area contributed by atoms with Gasteiger partial charge in [-0.15, -0.1) is 0 Å². The van der Waals surface area contributed by atoms with Gasteiger partial charge in [-0.1, -0.05) is 30.3 Å². The van der Waals surface area contributed by atoms with Gasteiger partial charge in [0, 0.05) is 12.2 Å². The zero-order valence-corrected chi connectivity index (χ0v) is 12.9. The number of hydrogen-bond acceptors (Lipinski definition) is 3. The Bertz CT molecular complexity index is 802. The van der Waals surface area contributed by atoms with Crippen molar-refractivity contribution >= 4 is 17.3 Å². The van der Waals surface area contributed by atoms with Gasteiger partial charge >= 0.3 is 0 Å². The van der Waals surface area contributed by atoms with Crippen LogP contribution in [0.2, 0.25) is 0 Å². The van der Waals surface area contributed by atoms with Gasteiger partial charge in [-0.3, -0.25) is 4.79 Å². The van der Waals surface area contributed by atoms with Gasteiger partial charge in [-0.05, 0) is 42.0 Å². The molecule has 0 aliphatic heterocycles. The molecule has 1 aromatic heterocycles. The lowest BCUT2D eigenvalue weighted by molar-refractivity contribution is 0.0946. The molecule has 24 heavy (non-hydrogen) atoms. The maximum absolute atomic E-state index is 12.9. The van der Waals surface area contributed by atoms with Crippen molar-refractivity contribution in [1.82, 2.24) is 10.3 Å². The normalized spacial score (nSPS) is 10.2. The van der Waals surface area contributed by atoms with E-state index in [2.05, 4.69) is 15.6 Å². The van der Waals surface area contributed by atoms with Crippen LogP contribution >= 0.6 is 0 Å². The van der Waals surface area contributed by atoms with E-state index in [0.29, 0.717) is 12.2 Å². The topological polar surface area (TPSA) is 54.0 Å². The Morgan fingerprint density at radius 1 is 0.917 bits per heavy atom. The molecule has 0 saturated carbocycles. The number of pyridine rings is 1. The van der Waals surface area contributed by atoms with Crippen LogP contribution in [0.15, 0.2) is 72.9 Å². The molecule has 0 saturated heterocycles. The molecule has 120 valence electrons. The van der Waals surface area contributed by atoms with Gasteiger partial charge in [-0.2, -0.15) is 0 Å². The Hall–Kier alpha value is -3.21. The predicted octanol–water partition coefficient (Wildman–Crippen LogP) is 3.89. The molecule has 0 unspecified atom stereocenters. The predicted molar refractivity (Wildman–Crippen MR) is 91.5 cm³/mol. The molecule has 3 rings (SSSR count). The summed E-state index contributed by atoms with van der Waals surface area (Å²) in [7, 11) is 0. The van der Waals surface area contributed by atoms with Crippen molar-refractivity contribution in [3.05, 3.63) is 90.0 Å². The molecule has 0 radical (unpaired) electrons. The summed E-state index contributed by atoms with van der Waals surface area (Å²) in [5.74, 6) is -0.517. The van der Waals surface area contributed by atoms with Crippen LogP contribution in [0.1, 0.15) is 16.1 Å². The summed E-state index contributed by atoms with van der Waals surface area (Å²) in [6, 6.07) is 19.1. The van der Waals surface area contributed by atoms with E-state index in [1.54, 1.807) is 30.5 Å². The summed E-state index contributed by atoms with van der Waals surface area (Å²) >= 11 is 0. The highest BCUT2D eigenvalue weighted by atomic mass is 19.1. The number of benzene rings is 2. The van der Waals surface area contributed by atoms with E-state index in [1.807, 2.05) is 30.3 Å². The van der Waals surface area contributed by atoms with Crippen LogP contribution in [0, 0.1) is 5.82 Å². The number of carbonyl (C=O) groups excluding carboxylic acids is 1. The molecular weight excluding hydrogens is 305 g/mol. The second-order valence-corrected chi connectivity index (χ2v) is 5.23. The lowest BCUT2D eigenvalue weighted by Crippen LogP contribution is -2.23. The van der Waals surface area contributed by atoms with E-state index >= 15 is 0 Å². The van der Waals surface area contributed by atoms with Crippen molar-refractivity contribution in [1.29, 1.82) is 0 Å². The molecule has 4 nitrogen and oxygen atoms in total. The van der Waals surface area contributed by atoms with E-state index in [-0.39, 0.29) is 11.7 Å². The number of nitrogens with one attached hydrogen (secondary N) is 2. The number of carbonyl (C=O) groups is 1. The van der Waals surface area contributed by atoms with Gasteiger partial charge in [-0.25, -0.2) is 9.37 Å². The van der Waals surface area contributed by atoms with Crippen molar-refractivity contribution in [3.8, 4) is 0 Å². The van der Waals surface area contributed by atoms with Gasteiger partial charge < -0.3 is 10.6 Å². The number of rotatable bonds is 5. The summed E-state index contributed by atoms with van der Waals surface area (Å²) in [6.07, 6.45) is 1.57. The first-order valence-corrected chi connectivity index (χ1v) is 7.51. The number of aromatic nitrogens is 1. The molecule has 1 heterocycles. The molecule has 0 aliphatic rings. The Balaban J connectivity index is 1.59. The zero-order chi connectivity index (χ0) is 16.8. The number of hydrogen-bond donors (Lipinski definition) is 2. The third-order valence-electron chi connectivity index (χ3n) is 3.42. The van der Waals surface area contributed by atoms with E-state index in [1.165, 1.54) is 12.1 Å². The molecule has 0 fully saturated rings. The number of anilines is 2. The smallest absolute Gasteiger partial charge is 0.270 e. The minimum absolute atomic E-state index is 0.229. The Labute approximate surface area is 139 Å². The molecule has 5 heteroatoms. The van der Waals surface area contributed by atoms with Gasteiger partial charge in [0.05, 0.1) is 11.9 Å². The van der Waals surface area contributed by atoms with Crippen molar-refractivity contribution < 1.29 is 9.18 Å². The van der Waals surface area contributed by atoms with Gasteiger partial charge in [0.15, 0.2) is 0 Å². The third kappa shape index (κ3) is 4.16. The Morgan fingerprint density at radius 3 is 2.29 bits per heavy atom. The van der Waals surface area contributed by atoms with Gasteiger partial charge in [0.1, 0.15) is 11.5 Å². The fourth-order valence-corrected chi connectivity index (χ4v) is 2.17. The fourth-order valence-electron chi connectivity index (χ4n) is 2.17. The highest BCUT2D eigenvalue weighted by Crippen LogP contribution is 2.16. The molecule has 0 atom stereocenters. The molecule has 2 N–H and O–H groups in total. The minimum Gasteiger partial charge on any atom is -0.354 e. The maximum Gasteiger partial charge on any atom is 0.270 e. The standard InChI is InChI=1S/C19H16FN3O/c20-15-6-8-16(9-7-15)23-17-10-11-18(21-13-17)19(24)22-12-14-4-2-1-3-5-14/h1-11,13,23H,12H2,(H,22,24). The summed E-state index contributed by atoms with van der Waals surface area (Å²) < 4.78 is 12.9. The maximum atomic E-state index is 12.9. The van der Waals surface area contributed by atoms with Crippen LogP contribution in [-0.2, 0) is 6.54 Å². The van der Waals surface area contributed by atoms with E-state index < -0.39 is 0 Å². The SMILES string of the molecule is O=C(NCc1ccccc1)c1ccc(Nc2ccc(F)cc2)cn1.